The Morgan fingerprint density at radius 2 is 2.38 bits per heavy atom. The van der Waals surface area contributed by atoms with E-state index in [0.717, 1.165) is 12.0 Å². The molecule has 2 nitrogen and oxygen atoms in total. The third kappa shape index (κ3) is 1.11. The van der Waals surface area contributed by atoms with Crippen molar-refractivity contribution < 1.29 is 5.11 Å². The molecule has 0 radical (unpaired) electrons. The molecule has 1 saturated carbocycles. The minimum Gasteiger partial charge on any atom is -0.374 e. The second-order valence-corrected chi connectivity index (χ2v) is 4.84. The van der Waals surface area contributed by atoms with Crippen molar-refractivity contribution in [1.29, 1.82) is 5.26 Å². The van der Waals surface area contributed by atoms with Gasteiger partial charge in [-0.25, -0.2) is 0 Å². The fraction of sp³-hybridized carbons (Fsp3) is 0.727. The van der Waals surface area contributed by atoms with Crippen LogP contribution in [0, 0.1) is 28.6 Å². The Bertz CT molecular complexity index is 298. The molecule has 0 amide bonds. The quantitative estimate of drug-likeness (QED) is 0.491. The highest BCUT2D eigenvalue weighted by molar-refractivity contribution is 5.27. The Morgan fingerprint density at radius 1 is 1.69 bits per heavy atom. The third-order valence-electron chi connectivity index (χ3n) is 3.92. The zero-order valence-corrected chi connectivity index (χ0v) is 8.12. The molecule has 0 spiro atoms. The van der Waals surface area contributed by atoms with Crippen LogP contribution in [0.25, 0.3) is 0 Å². The molecule has 3 atom stereocenters. The van der Waals surface area contributed by atoms with Crippen LogP contribution in [0.1, 0.15) is 26.7 Å². The highest BCUT2D eigenvalue weighted by atomic mass is 16.3. The first-order valence-corrected chi connectivity index (χ1v) is 4.84. The van der Waals surface area contributed by atoms with E-state index in [1.165, 1.54) is 6.42 Å². The van der Waals surface area contributed by atoms with Crippen LogP contribution < -0.4 is 0 Å². The van der Waals surface area contributed by atoms with Crippen LogP contribution in [0.15, 0.2) is 11.6 Å². The van der Waals surface area contributed by atoms with Gasteiger partial charge < -0.3 is 5.11 Å². The lowest BCUT2D eigenvalue weighted by molar-refractivity contribution is -0.00572. The van der Waals surface area contributed by atoms with E-state index in [2.05, 4.69) is 19.9 Å². The molecule has 0 unspecified atom stereocenters. The van der Waals surface area contributed by atoms with Crippen LogP contribution in [0.3, 0.4) is 0 Å². The van der Waals surface area contributed by atoms with Crippen molar-refractivity contribution in [1.82, 2.24) is 0 Å². The number of nitriles is 1. The molecule has 0 heterocycles. The molecular formula is C11H15NO. The smallest absolute Gasteiger partial charge is 0.161 e. The Balaban J connectivity index is 2.18. The van der Waals surface area contributed by atoms with Crippen molar-refractivity contribution in [2.45, 2.75) is 32.8 Å². The minimum absolute atomic E-state index is 0.401. The lowest BCUT2D eigenvalue weighted by Gasteiger charge is -2.55. The van der Waals surface area contributed by atoms with Gasteiger partial charge in [-0.2, -0.15) is 5.26 Å². The number of hydrogen-bond acceptors (Lipinski definition) is 2. The van der Waals surface area contributed by atoms with Gasteiger partial charge in [0.1, 0.15) is 0 Å². The van der Waals surface area contributed by atoms with Gasteiger partial charge in [0, 0.05) is 0 Å². The van der Waals surface area contributed by atoms with E-state index < -0.39 is 6.10 Å². The summed E-state index contributed by atoms with van der Waals surface area (Å²) in [7, 11) is 0. The first kappa shape index (κ1) is 8.77. The van der Waals surface area contributed by atoms with Crippen molar-refractivity contribution >= 4 is 0 Å². The number of fused-ring (bicyclic) bond motifs is 1. The SMILES string of the molecule is CC1(C)[C@H]2CC([C@H](O)C#N)=C[C@@H]1C2. The van der Waals surface area contributed by atoms with Gasteiger partial charge in [-0.15, -0.1) is 0 Å². The van der Waals surface area contributed by atoms with Crippen LogP contribution >= 0.6 is 0 Å². The second-order valence-electron chi connectivity index (χ2n) is 4.84. The Kier molecular flexibility index (Phi) is 1.75. The van der Waals surface area contributed by atoms with E-state index in [1.54, 1.807) is 0 Å². The fourth-order valence-corrected chi connectivity index (χ4v) is 2.58. The van der Waals surface area contributed by atoms with Crippen molar-refractivity contribution in [3.05, 3.63) is 11.6 Å². The van der Waals surface area contributed by atoms with Crippen LogP contribution in [-0.2, 0) is 0 Å². The normalized spacial score (nSPS) is 36.9. The molecule has 1 fully saturated rings. The highest BCUT2D eigenvalue weighted by Gasteiger charge is 2.50. The van der Waals surface area contributed by atoms with Crippen molar-refractivity contribution in [2.24, 2.45) is 17.3 Å². The molecule has 3 aliphatic rings. The highest BCUT2D eigenvalue weighted by Crippen LogP contribution is 2.58. The largest absolute Gasteiger partial charge is 0.374 e. The third-order valence-corrected chi connectivity index (χ3v) is 3.92. The second kappa shape index (κ2) is 2.59. The van der Waals surface area contributed by atoms with Gasteiger partial charge in [0.15, 0.2) is 6.10 Å². The molecule has 0 saturated heterocycles. The van der Waals surface area contributed by atoms with E-state index in [-0.39, 0.29) is 0 Å². The predicted octanol–water partition coefficient (Wildman–Crippen LogP) is 1.86. The molecule has 3 aliphatic carbocycles. The molecule has 0 aliphatic heterocycles. The summed E-state index contributed by atoms with van der Waals surface area (Å²) in [6.45, 7) is 4.55. The lowest BCUT2D eigenvalue weighted by atomic mass is 9.50. The predicted molar refractivity (Wildman–Crippen MR) is 49.7 cm³/mol. The Hall–Kier alpha value is -0.810. The van der Waals surface area contributed by atoms with Gasteiger partial charge in [0.05, 0.1) is 6.07 Å². The zero-order valence-electron chi connectivity index (χ0n) is 8.12. The molecule has 0 aromatic carbocycles. The van der Waals surface area contributed by atoms with Gasteiger partial charge in [0.25, 0.3) is 0 Å². The maximum Gasteiger partial charge on any atom is 0.161 e. The minimum atomic E-state index is -0.860. The summed E-state index contributed by atoms with van der Waals surface area (Å²) in [6.07, 6.45) is 3.42. The van der Waals surface area contributed by atoms with Crippen molar-refractivity contribution in [3.63, 3.8) is 0 Å². The van der Waals surface area contributed by atoms with Crippen LogP contribution in [0.5, 0.6) is 0 Å². The van der Waals surface area contributed by atoms with Gasteiger partial charge in [-0.3, -0.25) is 0 Å². The summed E-state index contributed by atoms with van der Waals surface area (Å²) in [5.74, 6) is 1.27. The van der Waals surface area contributed by atoms with Gasteiger partial charge in [0.2, 0.25) is 0 Å². The number of rotatable bonds is 1. The first-order chi connectivity index (χ1) is 6.05. The van der Waals surface area contributed by atoms with E-state index in [4.69, 9.17) is 5.26 Å². The molecule has 0 aromatic heterocycles. The van der Waals surface area contributed by atoms with E-state index >= 15 is 0 Å². The van der Waals surface area contributed by atoms with Crippen LogP contribution in [0.2, 0.25) is 0 Å². The average molecular weight is 177 g/mol. The molecule has 1 N–H and O–H groups in total. The van der Waals surface area contributed by atoms with E-state index in [9.17, 15) is 5.11 Å². The average Bonchev–Trinajstić information content (AvgIpc) is 2.16. The lowest BCUT2D eigenvalue weighted by Crippen LogP contribution is -2.47. The molecule has 13 heavy (non-hydrogen) atoms. The summed E-state index contributed by atoms with van der Waals surface area (Å²) in [5.41, 5.74) is 1.35. The first-order valence-electron chi connectivity index (χ1n) is 4.84. The molecule has 0 aromatic rings. The van der Waals surface area contributed by atoms with Crippen LogP contribution in [-0.4, -0.2) is 11.2 Å². The maximum atomic E-state index is 9.36. The van der Waals surface area contributed by atoms with Crippen LogP contribution in [0.4, 0.5) is 0 Å². The summed E-state index contributed by atoms with van der Waals surface area (Å²) in [6, 6.07) is 1.89. The van der Waals surface area contributed by atoms with Gasteiger partial charge >= 0.3 is 0 Å². The number of allylic oxidation sites excluding steroid dienone is 1. The number of aliphatic hydroxyl groups is 1. The summed E-state index contributed by atoms with van der Waals surface area (Å²) in [5, 5.41) is 17.9. The molecule has 70 valence electrons. The standard InChI is InChI=1S/C11H15NO/c1-11(2)8-3-7(10(13)6-12)4-9(11)5-8/h3,8-10,13H,4-5H2,1-2H3/t8-,9+,10-/m1/s1. The van der Waals surface area contributed by atoms with Gasteiger partial charge in [-0.05, 0) is 35.7 Å². The number of hydrogen-bond donors (Lipinski definition) is 1. The molecule has 2 heteroatoms. The molecule has 2 bridgehead atoms. The number of nitrogens with zero attached hydrogens (tertiary/aromatic N) is 1. The zero-order chi connectivity index (χ0) is 9.64. The van der Waals surface area contributed by atoms with Gasteiger partial charge in [-0.1, -0.05) is 19.9 Å². The topological polar surface area (TPSA) is 44.0 Å². The monoisotopic (exact) mass is 177 g/mol. The number of aliphatic hydroxyl groups excluding tert-OH is 1. The maximum absolute atomic E-state index is 9.36. The fourth-order valence-electron chi connectivity index (χ4n) is 2.58. The van der Waals surface area contributed by atoms with Crippen molar-refractivity contribution in [2.75, 3.05) is 0 Å². The summed E-state index contributed by atoms with van der Waals surface area (Å²) < 4.78 is 0. The Labute approximate surface area is 78.9 Å². The van der Waals surface area contributed by atoms with E-state index in [1.807, 2.05) is 6.07 Å². The van der Waals surface area contributed by atoms with Crippen molar-refractivity contribution in [3.8, 4) is 6.07 Å². The molecular weight excluding hydrogens is 162 g/mol. The van der Waals surface area contributed by atoms with E-state index in [0.29, 0.717) is 17.3 Å². The Morgan fingerprint density at radius 3 is 2.77 bits per heavy atom. The summed E-state index contributed by atoms with van der Waals surface area (Å²) >= 11 is 0. The molecule has 3 rings (SSSR count). The summed E-state index contributed by atoms with van der Waals surface area (Å²) in [4.78, 5) is 0.